The van der Waals surface area contributed by atoms with Crippen molar-refractivity contribution in [1.29, 1.82) is 0 Å². The number of nitrogens with two attached hydrogens (primary N) is 1. The number of carbonyl (C=O) groups excluding carboxylic acids is 2. The number of aryl methyl sites for hydroxylation is 1. The predicted octanol–water partition coefficient (Wildman–Crippen LogP) is 7.05. The highest BCUT2D eigenvalue weighted by atomic mass is 32.1. The van der Waals surface area contributed by atoms with Crippen LogP contribution in [0, 0.1) is 12.3 Å². The summed E-state index contributed by atoms with van der Waals surface area (Å²) in [5, 5.41) is 6.28. The molecule has 0 saturated carbocycles. The molecule has 2 aromatic carbocycles. The summed E-state index contributed by atoms with van der Waals surface area (Å²) in [6, 6.07) is 14.4. The molecule has 0 bridgehead atoms. The van der Waals surface area contributed by atoms with Gasteiger partial charge in [-0.2, -0.15) is 0 Å². The van der Waals surface area contributed by atoms with Gasteiger partial charge in [0.25, 0.3) is 5.91 Å². The number of nitrogens with one attached hydrogen (secondary N) is 1. The first-order valence-corrected chi connectivity index (χ1v) is 13.8. The van der Waals surface area contributed by atoms with Gasteiger partial charge in [0, 0.05) is 34.1 Å². The Labute approximate surface area is 233 Å². The number of thiazole rings is 1. The molecule has 0 aliphatic rings. The van der Waals surface area contributed by atoms with Crippen molar-refractivity contribution in [3.05, 3.63) is 70.4 Å². The Bertz CT molecular complexity index is 1530. The molecule has 0 saturated heterocycles. The van der Waals surface area contributed by atoms with E-state index in [1.807, 2.05) is 32.9 Å². The van der Waals surface area contributed by atoms with Crippen molar-refractivity contribution in [3.8, 4) is 21.7 Å². The van der Waals surface area contributed by atoms with E-state index in [0.717, 1.165) is 50.8 Å². The molecular formula is C31H36N4O3S. The minimum Gasteiger partial charge on any atom is -0.444 e. The average molecular weight is 545 g/mol. The first kappa shape index (κ1) is 28.2. The fourth-order valence-corrected chi connectivity index (χ4v) is 5.18. The van der Waals surface area contributed by atoms with Crippen LogP contribution in [0.15, 0.2) is 47.8 Å². The molecule has 0 spiro atoms. The van der Waals surface area contributed by atoms with Gasteiger partial charge in [-0.05, 0) is 68.9 Å². The summed E-state index contributed by atoms with van der Waals surface area (Å²) < 4.78 is 5.53. The van der Waals surface area contributed by atoms with Crippen LogP contribution in [-0.4, -0.2) is 27.6 Å². The summed E-state index contributed by atoms with van der Waals surface area (Å²) in [6.07, 6.45) is 0.248. The molecule has 7 nitrogen and oxygen atoms in total. The van der Waals surface area contributed by atoms with Gasteiger partial charge in [0.05, 0.1) is 5.52 Å². The fraction of sp³-hybridized carbons (Fsp3) is 0.355. The minimum atomic E-state index is -0.605. The van der Waals surface area contributed by atoms with E-state index in [0.29, 0.717) is 5.01 Å². The van der Waals surface area contributed by atoms with E-state index in [9.17, 15) is 9.59 Å². The molecule has 2 amide bonds. The third-order valence-electron chi connectivity index (χ3n) is 6.02. The van der Waals surface area contributed by atoms with Gasteiger partial charge in [0.2, 0.25) is 0 Å². The molecule has 0 fully saturated rings. The standard InChI is InChI=1S/C31H36N4O3S/c1-18-8-10-19(11-9-18)26-21-14-20(28-35-25(17-39-28)27(32)36)12-13-23(21)34-24(15-30(2,3)4)22(26)16-33-29(37)38-31(5,6)7/h8-14,17H,15-16H2,1-7H3,(H2,32,36)(H,33,37). The molecular weight excluding hydrogens is 508 g/mol. The van der Waals surface area contributed by atoms with Gasteiger partial charge < -0.3 is 15.8 Å². The molecule has 8 heteroatoms. The summed E-state index contributed by atoms with van der Waals surface area (Å²) in [5.74, 6) is -0.553. The van der Waals surface area contributed by atoms with E-state index < -0.39 is 17.6 Å². The van der Waals surface area contributed by atoms with Gasteiger partial charge in [-0.1, -0.05) is 50.6 Å². The molecule has 0 aliphatic carbocycles. The Kier molecular flexibility index (Phi) is 7.80. The Balaban J connectivity index is 1.94. The number of ether oxygens (including phenoxy) is 1. The van der Waals surface area contributed by atoms with Gasteiger partial charge in [0.1, 0.15) is 16.3 Å². The summed E-state index contributed by atoms with van der Waals surface area (Å²) in [5.41, 5.74) is 11.8. The number of alkyl carbamates (subject to hydrolysis) is 1. The molecule has 2 aromatic heterocycles. The molecule has 3 N–H and O–H groups in total. The smallest absolute Gasteiger partial charge is 0.407 e. The maximum absolute atomic E-state index is 12.7. The summed E-state index contributed by atoms with van der Waals surface area (Å²) >= 11 is 1.37. The monoisotopic (exact) mass is 544 g/mol. The summed E-state index contributed by atoms with van der Waals surface area (Å²) in [4.78, 5) is 33.9. The second-order valence-corrected chi connectivity index (χ2v) is 12.9. The number of benzene rings is 2. The molecule has 0 atom stereocenters. The van der Waals surface area contributed by atoms with Gasteiger partial charge in [-0.25, -0.2) is 9.78 Å². The first-order valence-electron chi connectivity index (χ1n) is 13.0. The Morgan fingerprint density at radius 1 is 0.974 bits per heavy atom. The number of aromatic nitrogens is 2. The van der Waals surface area contributed by atoms with Crippen LogP contribution in [-0.2, 0) is 17.7 Å². The molecule has 39 heavy (non-hydrogen) atoms. The second kappa shape index (κ2) is 10.8. The topological polar surface area (TPSA) is 107 Å². The van der Waals surface area contributed by atoms with Crippen LogP contribution in [0.1, 0.15) is 68.9 Å². The second-order valence-electron chi connectivity index (χ2n) is 12.0. The lowest BCUT2D eigenvalue weighted by Gasteiger charge is -2.24. The summed E-state index contributed by atoms with van der Waals surface area (Å²) in [6.45, 7) is 14.4. The van der Waals surface area contributed by atoms with Gasteiger partial charge in [-0.3, -0.25) is 9.78 Å². The number of nitrogens with zero attached hydrogens (tertiary/aromatic N) is 2. The Morgan fingerprint density at radius 2 is 1.64 bits per heavy atom. The Morgan fingerprint density at radius 3 is 2.23 bits per heavy atom. The maximum atomic E-state index is 12.7. The quantitative estimate of drug-likeness (QED) is 0.271. The molecule has 2 heterocycles. The third-order valence-corrected chi connectivity index (χ3v) is 6.91. The van der Waals surface area contributed by atoms with Crippen LogP contribution in [0.4, 0.5) is 4.79 Å². The van der Waals surface area contributed by atoms with E-state index >= 15 is 0 Å². The van der Waals surface area contributed by atoms with Crippen molar-refractivity contribution in [2.75, 3.05) is 0 Å². The van der Waals surface area contributed by atoms with Crippen molar-refractivity contribution in [3.63, 3.8) is 0 Å². The van der Waals surface area contributed by atoms with Crippen molar-refractivity contribution < 1.29 is 14.3 Å². The normalized spacial score (nSPS) is 12.0. The highest BCUT2D eigenvalue weighted by Crippen LogP contribution is 2.38. The molecule has 204 valence electrons. The van der Waals surface area contributed by atoms with Crippen molar-refractivity contribution in [2.24, 2.45) is 11.1 Å². The Hall–Kier alpha value is -3.78. The molecule has 4 rings (SSSR count). The molecule has 0 radical (unpaired) electrons. The van der Waals surface area contributed by atoms with Gasteiger partial charge in [-0.15, -0.1) is 11.3 Å². The average Bonchev–Trinajstić information content (AvgIpc) is 3.31. The van der Waals surface area contributed by atoms with E-state index in [2.05, 4.69) is 68.3 Å². The van der Waals surface area contributed by atoms with Crippen LogP contribution in [0.3, 0.4) is 0 Å². The number of hydrogen-bond acceptors (Lipinski definition) is 6. The number of fused-ring (bicyclic) bond motifs is 1. The van der Waals surface area contributed by atoms with Crippen molar-refractivity contribution >= 4 is 34.2 Å². The lowest BCUT2D eigenvalue weighted by atomic mass is 9.85. The molecule has 0 unspecified atom stereocenters. The number of rotatable bonds is 6. The predicted molar refractivity (Wildman–Crippen MR) is 158 cm³/mol. The third kappa shape index (κ3) is 7.00. The number of pyridine rings is 1. The lowest BCUT2D eigenvalue weighted by Crippen LogP contribution is -2.32. The molecule has 4 aromatic rings. The first-order chi connectivity index (χ1) is 18.2. The van der Waals surface area contributed by atoms with Crippen LogP contribution in [0.2, 0.25) is 0 Å². The van der Waals surface area contributed by atoms with Crippen molar-refractivity contribution in [2.45, 2.75) is 67.0 Å². The van der Waals surface area contributed by atoms with Crippen LogP contribution < -0.4 is 11.1 Å². The van der Waals surface area contributed by atoms with Crippen LogP contribution in [0.5, 0.6) is 0 Å². The zero-order valence-corrected chi connectivity index (χ0v) is 24.5. The highest BCUT2D eigenvalue weighted by Gasteiger charge is 2.23. The largest absolute Gasteiger partial charge is 0.444 e. The zero-order chi connectivity index (χ0) is 28.5. The van der Waals surface area contributed by atoms with Crippen LogP contribution in [0.25, 0.3) is 32.6 Å². The zero-order valence-electron chi connectivity index (χ0n) is 23.6. The van der Waals surface area contributed by atoms with E-state index in [1.54, 1.807) is 5.38 Å². The maximum Gasteiger partial charge on any atom is 0.407 e. The lowest BCUT2D eigenvalue weighted by molar-refractivity contribution is 0.0523. The SMILES string of the molecule is Cc1ccc(-c2c(CNC(=O)OC(C)(C)C)c(CC(C)(C)C)nc3ccc(-c4nc(C(N)=O)cs4)cc23)cc1. The number of hydrogen-bond donors (Lipinski definition) is 2. The van der Waals surface area contributed by atoms with Gasteiger partial charge >= 0.3 is 6.09 Å². The van der Waals surface area contributed by atoms with Crippen molar-refractivity contribution in [1.82, 2.24) is 15.3 Å². The minimum absolute atomic E-state index is 0.0299. The van der Waals surface area contributed by atoms with Gasteiger partial charge in [0.15, 0.2) is 0 Å². The van der Waals surface area contributed by atoms with Crippen LogP contribution >= 0.6 is 11.3 Å². The number of carbonyl (C=O) groups is 2. The highest BCUT2D eigenvalue weighted by molar-refractivity contribution is 7.13. The molecule has 0 aliphatic heterocycles. The van der Waals surface area contributed by atoms with E-state index in [-0.39, 0.29) is 17.7 Å². The summed E-state index contributed by atoms with van der Waals surface area (Å²) in [7, 11) is 0. The number of primary amides is 1. The van der Waals surface area contributed by atoms with E-state index in [4.69, 9.17) is 15.5 Å². The number of amides is 2. The fourth-order valence-electron chi connectivity index (χ4n) is 4.37. The van der Waals surface area contributed by atoms with E-state index in [1.165, 1.54) is 11.3 Å².